The van der Waals surface area contributed by atoms with Gasteiger partial charge in [0, 0.05) is 41.6 Å². The number of hydrogen-bond donors (Lipinski definition) is 2. The van der Waals surface area contributed by atoms with Crippen LogP contribution < -0.4 is 15.5 Å². The first-order valence-corrected chi connectivity index (χ1v) is 12.4. The van der Waals surface area contributed by atoms with Crippen molar-refractivity contribution in [3.05, 3.63) is 102 Å². The summed E-state index contributed by atoms with van der Waals surface area (Å²) in [7, 11) is 0. The van der Waals surface area contributed by atoms with Gasteiger partial charge in [-0.3, -0.25) is 14.8 Å². The highest BCUT2D eigenvalue weighted by atomic mass is 32.1. The Morgan fingerprint density at radius 3 is 2.61 bits per heavy atom. The number of anilines is 2. The number of nitrogens with one attached hydrogen (secondary N) is 2. The van der Waals surface area contributed by atoms with E-state index in [-0.39, 0.29) is 18.0 Å². The lowest BCUT2D eigenvalue weighted by atomic mass is 10.0. The molecule has 8 heteroatoms. The van der Waals surface area contributed by atoms with E-state index in [0.29, 0.717) is 11.5 Å². The monoisotopic (exact) mass is 496 g/mol. The maximum atomic E-state index is 12.0. The fraction of sp³-hybridized carbons (Fsp3) is 0.214. The minimum absolute atomic E-state index is 0.0120. The van der Waals surface area contributed by atoms with Gasteiger partial charge in [0.25, 0.3) is 0 Å². The summed E-state index contributed by atoms with van der Waals surface area (Å²) in [4.78, 5) is 23.1. The smallest absolute Gasteiger partial charge is 0.224 e. The van der Waals surface area contributed by atoms with Gasteiger partial charge >= 0.3 is 0 Å². The van der Waals surface area contributed by atoms with Gasteiger partial charge in [-0.15, -0.1) is 0 Å². The molecule has 2 N–H and O–H groups in total. The van der Waals surface area contributed by atoms with Gasteiger partial charge in [-0.2, -0.15) is 0 Å². The van der Waals surface area contributed by atoms with Crippen LogP contribution in [0.1, 0.15) is 48.1 Å². The zero-order chi connectivity index (χ0) is 25.2. The van der Waals surface area contributed by atoms with Crippen molar-refractivity contribution in [1.82, 2.24) is 19.9 Å². The maximum Gasteiger partial charge on any atom is 0.224 e. The second-order valence-corrected chi connectivity index (χ2v) is 9.23. The summed E-state index contributed by atoms with van der Waals surface area (Å²) in [5, 5.41) is 7.12. The lowest BCUT2D eigenvalue weighted by Crippen LogP contribution is -2.30. The largest absolute Gasteiger partial charge is 0.351 e. The Labute approximate surface area is 216 Å². The molecule has 0 radical (unpaired) electrons. The summed E-state index contributed by atoms with van der Waals surface area (Å²) < 4.78 is 2.22. The van der Waals surface area contributed by atoms with Crippen LogP contribution in [0, 0.1) is 13.8 Å². The molecule has 5 rings (SSSR count). The molecule has 4 heterocycles. The van der Waals surface area contributed by atoms with Crippen molar-refractivity contribution >= 4 is 34.6 Å². The fourth-order valence-electron chi connectivity index (χ4n) is 4.74. The van der Waals surface area contributed by atoms with Crippen molar-refractivity contribution in [2.75, 3.05) is 10.2 Å². The molecule has 1 fully saturated rings. The van der Waals surface area contributed by atoms with E-state index >= 15 is 0 Å². The number of amides is 1. The number of thiocarbonyl (C=S) groups is 1. The second-order valence-electron chi connectivity index (χ2n) is 8.84. The number of rotatable bonds is 6. The van der Waals surface area contributed by atoms with Crippen LogP contribution in [-0.2, 0) is 4.79 Å². The molecule has 0 aliphatic carbocycles. The van der Waals surface area contributed by atoms with Gasteiger partial charge in [0.2, 0.25) is 5.91 Å². The second kappa shape index (κ2) is 9.91. The summed E-state index contributed by atoms with van der Waals surface area (Å²) >= 11 is 5.90. The topological polar surface area (TPSA) is 75.1 Å². The number of pyridine rings is 2. The first-order chi connectivity index (χ1) is 17.5. The molecule has 182 valence electrons. The van der Waals surface area contributed by atoms with Crippen molar-refractivity contribution in [2.24, 2.45) is 0 Å². The van der Waals surface area contributed by atoms with Crippen LogP contribution in [0.3, 0.4) is 0 Å². The molecule has 7 nitrogen and oxygen atoms in total. The highest BCUT2D eigenvalue weighted by Gasteiger charge is 2.42. The molecule has 1 amide bonds. The Hall–Kier alpha value is -4.04. The standard InChI is InChI=1S/C28H28N6OS/c1-4-25(35)31-22-12-11-20(16-18(22)2)34-27(26(32-28(34)36)23-9-5-6-15-30-23)24-13-10-19(3)33(24)21-8-7-14-29-17-21/h5-17,26-27H,4H2,1-3H3,(H,31,35)(H,32,36)/t26-,27-/m1/s1. The van der Waals surface area contributed by atoms with Gasteiger partial charge in [-0.05, 0) is 86.2 Å². The molecule has 1 saturated heterocycles. The first-order valence-electron chi connectivity index (χ1n) is 12.0. The number of benzene rings is 1. The Morgan fingerprint density at radius 1 is 1.06 bits per heavy atom. The van der Waals surface area contributed by atoms with Crippen LogP contribution >= 0.6 is 12.2 Å². The molecule has 4 aromatic rings. The minimum Gasteiger partial charge on any atom is -0.351 e. The van der Waals surface area contributed by atoms with Crippen molar-refractivity contribution in [1.29, 1.82) is 0 Å². The maximum absolute atomic E-state index is 12.0. The van der Waals surface area contributed by atoms with Gasteiger partial charge < -0.3 is 20.1 Å². The highest BCUT2D eigenvalue weighted by molar-refractivity contribution is 7.80. The van der Waals surface area contributed by atoms with Crippen molar-refractivity contribution in [2.45, 2.75) is 39.3 Å². The van der Waals surface area contributed by atoms with Gasteiger partial charge in [-0.25, -0.2) is 0 Å². The molecule has 0 bridgehead atoms. The lowest BCUT2D eigenvalue weighted by Gasteiger charge is -2.29. The number of hydrogen-bond acceptors (Lipinski definition) is 4. The van der Waals surface area contributed by atoms with Gasteiger partial charge in [-0.1, -0.05) is 13.0 Å². The SMILES string of the molecule is CCC(=O)Nc1ccc(N2C(=S)N[C@H](c3ccccn3)[C@H]2c2ccc(C)n2-c2cccnc2)cc1C. The van der Waals surface area contributed by atoms with Crippen LogP contribution in [0.2, 0.25) is 0 Å². The average Bonchev–Trinajstić information content (AvgIpc) is 3.45. The average molecular weight is 497 g/mol. The zero-order valence-electron chi connectivity index (χ0n) is 20.5. The van der Waals surface area contributed by atoms with E-state index in [9.17, 15) is 4.79 Å². The van der Waals surface area contributed by atoms with E-state index in [1.54, 1.807) is 12.4 Å². The molecule has 0 saturated carbocycles. The number of carbonyl (C=O) groups is 1. The molecule has 0 spiro atoms. The van der Waals surface area contributed by atoms with E-state index in [0.717, 1.165) is 39.7 Å². The Morgan fingerprint density at radius 2 is 1.92 bits per heavy atom. The summed E-state index contributed by atoms with van der Waals surface area (Å²) in [5.41, 5.74) is 6.79. The lowest BCUT2D eigenvalue weighted by molar-refractivity contribution is -0.115. The third kappa shape index (κ3) is 4.35. The summed E-state index contributed by atoms with van der Waals surface area (Å²) in [6.45, 7) is 5.93. The van der Waals surface area contributed by atoms with Crippen LogP contribution in [0.25, 0.3) is 5.69 Å². The van der Waals surface area contributed by atoms with Gasteiger partial charge in [0.1, 0.15) is 6.04 Å². The molecule has 1 aliphatic heterocycles. The van der Waals surface area contributed by atoms with Crippen molar-refractivity contribution < 1.29 is 4.79 Å². The van der Waals surface area contributed by atoms with Crippen LogP contribution in [0.5, 0.6) is 0 Å². The van der Waals surface area contributed by atoms with E-state index in [1.165, 1.54) is 0 Å². The molecule has 1 aromatic carbocycles. The number of carbonyl (C=O) groups excluding carboxylic acids is 1. The predicted molar refractivity (Wildman–Crippen MR) is 146 cm³/mol. The first kappa shape index (κ1) is 23.7. The van der Waals surface area contributed by atoms with Gasteiger partial charge in [0.05, 0.1) is 23.6 Å². The number of nitrogens with zero attached hydrogens (tertiary/aromatic N) is 4. The Bertz CT molecular complexity index is 1400. The molecular weight excluding hydrogens is 468 g/mol. The molecule has 2 atom stereocenters. The Balaban J connectivity index is 1.64. The summed E-state index contributed by atoms with van der Waals surface area (Å²) in [6.07, 6.45) is 5.88. The van der Waals surface area contributed by atoms with E-state index < -0.39 is 0 Å². The number of aryl methyl sites for hydroxylation is 2. The normalized spacial score (nSPS) is 17.2. The Kier molecular flexibility index (Phi) is 6.52. The molecule has 1 aliphatic rings. The fourth-order valence-corrected chi connectivity index (χ4v) is 5.08. The summed E-state index contributed by atoms with van der Waals surface area (Å²) in [5.74, 6) is -0.0120. The number of aromatic nitrogens is 3. The molecule has 0 unspecified atom stereocenters. The molecule has 3 aromatic heterocycles. The van der Waals surface area contributed by atoms with E-state index in [4.69, 9.17) is 12.2 Å². The third-order valence-corrected chi connectivity index (χ3v) is 6.81. The van der Waals surface area contributed by atoms with E-state index in [1.807, 2.05) is 56.4 Å². The van der Waals surface area contributed by atoms with Crippen molar-refractivity contribution in [3.63, 3.8) is 0 Å². The quantitative estimate of drug-likeness (QED) is 0.348. The van der Waals surface area contributed by atoms with Crippen LogP contribution in [-0.4, -0.2) is 25.6 Å². The highest BCUT2D eigenvalue weighted by Crippen LogP contribution is 2.43. The van der Waals surface area contributed by atoms with Gasteiger partial charge in [0.15, 0.2) is 5.11 Å². The minimum atomic E-state index is -0.170. The van der Waals surface area contributed by atoms with Crippen LogP contribution in [0.4, 0.5) is 11.4 Å². The third-order valence-electron chi connectivity index (χ3n) is 6.49. The van der Waals surface area contributed by atoms with Crippen LogP contribution in [0.15, 0.2) is 79.3 Å². The molecular formula is C28H28N6OS. The summed E-state index contributed by atoms with van der Waals surface area (Å²) in [6, 6.07) is 19.9. The van der Waals surface area contributed by atoms with E-state index in [2.05, 4.69) is 61.3 Å². The van der Waals surface area contributed by atoms with Crippen molar-refractivity contribution in [3.8, 4) is 5.69 Å². The molecule has 36 heavy (non-hydrogen) atoms. The zero-order valence-corrected chi connectivity index (χ0v) is 21.3. The predicted octanol–water partition coefficient (Wildman–Crippen LogP) is 5.41.